The lowest BCUT2D eigenvalue weighted by Crippen LogP contribution is -2.52. The zero-order chi connectivity index (χ0) is 20.1. The molecule has 3 amide bonds. The van der Waals surface area contributed by atoms with E-state index in [-0.39, 0.29) is 24.1 Å². The molecule has 3 atom stereocenters. The fourth-order valence-corrected chi connectivity index (χ4v) is 5.38. The number of hydrazone groups is 1. The van der Waals surface area contributed by atoms with Crippen molar-refractivity contribution in [2.75, 3.05) is 6.54 Å². The van der Waals surface area contributed by atoms with Crippen molar-refractivity contribution in [3.05, 3.63) is 34.9 Å². The summed E-state index contributed by atoms with van der Waals surface area (Å²) in [6.07, 6.45) is 5.52. The Morgan fingerprint density at radius 2 is 1.97 bits per heavy atom. The highest BCUT2D eigenvalue weighted by Gasteiger charge is 2.41. The normalized spacial score (nSPS) is 28.9. The highest BCUT2D eigenvalue weighted by atomic mass is 16.2. The Labute approximate surface area is 170 Å². The third-order valence-electron chi connectivity index (χ3n) is 6.84. The molecule has 1 aliphatic carbocycles. The first-order valence-electron chi connectivity index (χ1n) is 10.7. The van der Waals surface area contributed by atoms with Crippen molar-refractivity contribution in [3.63, 3.8) is 0 Å². The zero-order valence-corrected chi connectivity index (χ0v) is 16.7. The van der Waals surface area contributed by atoms with Crippen LogP contribution in [0, 0.1) is 5.92 Å². The molecule has 7 nitrogen and oxygen atoms in total. The molecule has 1 N–H and O–H groups in total. The maximum absolute atomic E-state index is 12.9. The van der Waals surface area contributed by atoms with E-state index >= 15 is 0 Å². The quantitative estimate of drug-likeness (QED) is 0.796. The van der Waals surface area contributed by atoms with Gasteiger partial charge in [0.2, 0.25) is 11.8 Å². The second-order valence-corrected chi connectivity index (χ2v) is 8.47. The number of nitrogens with one attached hydrogen (secondary N) is 1. The second kappa shape index (κ2) is 6.97. The standard InChI is InChI=1S/C22H26N4O3/c1-2-26-17-6-4-3-5-16(17)20(24-26)13-7-8-15-14(11-13)12-25(22(15)29)18-9-10-19(27)23-21(18)28/h7-8,11,16-18H,2-6,9-10,12H2,1H3,(H,23,27,28). The SMILES string of the molecule is CCN1N=C(c2ccc3c(c2)CN(C2CCC(=O)NC2=O)C3=O)C2CCCCC21. The maximum atomic E-state index is 12.9. The molecule has 7 heteroatoms. The minimum absolute atomic E-state index is 0.125. The van der Waals surface area contributed by atoms with Gasteiger partial charge in [-0.2, -0.15) is 5.10 Å². The Hall–Kier alpha value is -2.70. The summed E-state index contributed by atoms with van der Waals surface area (Å²) in [6.45, 7) is 3.47. The van der Waals surface area contributed by atoms with Gasteiger partial charge in [-0.1, -0.05) is 18.9 Å². The molecule has 1 saturated carbocycles. The molecule has 0 radical (unpaired) electrons. The van der Waals surface area contributed by atoms with Crippen LogP contribution in [0.4, 0.5) is 0 Å². The van der Waals surface area contributed by atoms with Gasteiger partial charge in [0.1, 0.15) is 6.04 Å². The van der Waals surface area contributed by atoms with Crippen LogP contribution in [0.3, 0.4) is 0 Å². The molecule has 1 saturated heterocycles. The van der Waals surface area contributed by atoms with Crippen LogP contribution < -0.4 is 5.32 Å². The number of imide groups is 1. The van der Waals surface area contributed by atoms with E-state index in [4.69, 9.17) is 5.10 Å². The Morgan fingerprint density at radius 1 is 1.14 bits per heavy atom. The van der Waals surface area contributed by atoms with Crippen LogP contribution in [0.15, 0.2) is 23.3 Å². The number of hydrogen-bond donors (Lipinski definition) is 1. The van der Waals surface area contributed by atoms with Gasteiger partial charge in [0.25, 0.3) is 5.91 Å². The van der Waals surface area contributed by atoms with Crippen molar-refractivity contribution in [1.82, 2.24) is 15.2 Å². The summed E-state index contributed by atoms with van der Waals surface area (Å²) >= 11 is 0. The maximum Gasteiger partial charge on any atom is 0.255 e. The number of rotatable bonds is 3. The fourth-order valence-electron chi connectivity index (χ4n) is 5.38. The van der Waals surface area contributed by atoms with Gasteiger partial charge in [-0.05, 0) is 49.4 Å². The molecular formula is C22H26N4O3. The topological polar surface area (TPSA) is 82.1 Å². The summed E-state index contributed by atoms with van der Waals surface area (Å²) in [5.41, 5.74) is 3.84. The van der Waals surface area contributed by atoms with E-state index < -0.39 is 6.04 Å². The van der Waals surface area contributed by atoms with E-state index in [0.29, 0.717) is 30.5 Å². The van der Waals surface area contributed by atoms with Crippen molar-refractivity contribution in [2.45, 2.75) is 64.1 Å². The monoisotopic (exact) mass is 394 g/mol. The Morgan fingerprint density at radius 3 is 2.76 bits per heavy atom. The van der Waals surface area contributed by atoms with Gasteiger partial charge in [0.15, 0.2) is 0 Å². The lowest BCUT2D eigenvalue weighted by atomic mass is 9.80. The van der Waals surface area contributed by atoms with Crippen LogP contribution >= 0.6 is 0 Å². The molecule has 0 bridgehead atoms. The first kappa shape index (κ1) is 18.3. The number of piperidine rings is 1. The molecule has 1 aromatic carbocycles. The van der Waals surface area contributed by atoms with Crippen molar-refractivity contribution in [3.8, 4) is 0 Å². The second-order valence-electron chi connectivity index (χ2n) is 8.47. The van der Waals surface area contributed by atoms with E-state index in [1.165, 1.54) is 25.7 Å². The summed E-state index contributed by atoms with van der Waals surface area (Å²) in [6, 6.07) is 5.90. The van der Waals surface area contributed by atoms with E-state index in [2.05, 4.69) is 23.3 Å². The molecule has 0 aromatic heterocycles. The number of benzene rings is 1. The van der Waals surface area contributed by atoms with Gasteiger partial charge < -0.3 is 4.90 Å². The Balaban J connectivity index is 1.42. The van der Waals surface area contributed by atoms with Crippen LogP contribution in [0.25, 0.3) is 0 Å². The summed E-state index contributed by atoms with van der Waals surface area (Å²) in [4.78, 5) is 38.2. The zero-order valence-electron chi connectivity index (χ0n) is 16.7. The minimum Gasteiger partial charge on any atom is -0.322 e. The van der Waals surface area contributed by atoms with Crippen LogP contribution in [0.2, 0.25) is 0 Å². The lowest BCUT2D eigenvalue weighted by molar-refractivity contribution is -0.136. The van der Waals surface area contributed by atoms with Crippen molar-refractivity contribution >= 4 is 23.4 Å². The van der Waals surface area contributed by atoms with E-state index in [1.54, 1.807) is 4.90 Å². The fraction of sp³-hybridized carbons (Fsp3) is 0.545. The first-order valence-corrected chi connectivity index (χ1v) is 10.7. The Kier molecular flexibility index (Phi) is 4.41. The smallest absolute Gasteiger partial charge is 0.255 e. The molecule has 3 aliphatic heterocycles. The third kappa shape index (κ3) is 2.94. The summed E-state index contributed by atoms with van der Waals surface area (Å²) in [5, 5.41) is 9.53. The van der Waals surface area contributed by atoms with Crippen LogP contribution in [-0.2, 0) is 16.1 Å². The number of amides is 3. The van der Waals surface area contributed by atoms with Gasteiger partial charge >= 0.3 is 0 Å². The average molecular weight is 394 g/mol. The molecule has 3 unspecified atom stereocenters. The van der Waals surface area contributed by atoms with Crippen LogP contribution in [0.1, 0.15) is 66.9 Å². The average Bonchev–Trinajstić information content (AvgIpc) is 3.26. The third-order valence-corrected chi connectivity index (χ3v) is 6.84. The van der Waals surface area contributed by atoms with Crippen LogP contribution in [-0.4, -0.2) is 52.0 Å². The highest BCUT2D eigenvalue weighted by molar-refractivity contribution is 6.07. The summed E-state index contributed by atoms with van der Waals surface area (Å²) < 4.78 is 0. The van der Waals surface area contributed by atoms with E-state index in [0.717, 1.165) is 23.4 Å². The Bertz CT molecular complexity index is 925. The number of carbonyl (C=O) groups is 3. The first-order chi connectivity index (χ1) is 14.1. The summed E-state index contributed by atoms with van der Waals surface area (Å²) in [7, 11) is 0. The molecule has 4 aliphatic rings. The molecule has 1 aromatic rings. The van der Waals surface area contributed by atoms with E-state index in [1.807, 2.05) is 12.1 Å². The van der Waals surface area contributed by atoms with Gasteiger partial charge in [-0.15, -0.1) is 0 Å². The van der Waals surface area contributed by atoms with Gasteiger partial charge in [-0.3, -0.25) is 24.7 Å². The number of carbonyl (C=O) groups excluding carboxylic acids is 3. The van der Waals surface area contributed by atoms with Gasteiger partial charge in [-0.25, -0.2) is 0 Å². The molecule has 5 rings (SSSR count). The van der Waals surface area contributed by atoms with Crippen LogP contribution in [0.5, 0.6) is 0 Å². The molecule has 152 valence electrons. The number of nitrogens with zero attached hydrogens (tertiary/aromatic N) is 3. The molecule has 2 fully saturated rings. The van der Waals surface area contributed by atoms with Crippen molar-refractivity contribution in [1.29, 1.82) is 0 Å². The minimum atomic E-state index is -0.571. The molecule has 3 heterocycles. The molecule has 29 heavy (non-hydrogen) atoms. The molecular weight excluding hydrogens is 368 g/mol. The number of fused-ring (bicyclic) bond motifs is 2. The summed E-state index contributed by atoms with van der Waals surface area (Å²) in [5.74, 6) is -0.295. The van der Waals surface area contributed by atoms with Crippen molar-refractivity contribution in [2.24, 2.45) is 11.0 Å². The van der Waals surface area contributed by atoms with Crippen molar-refractivity contribution < 1.29 is 14.4 Å². The lowest BCUT2D eigenvalue weighted by Gasteiger charge is -2.31. The predicted molar refractivity (Wildman–Crippen MR) is 107 cm³/mol. The molecule has 0 spiro atoms. The largest absolute Gasteiger partial charge is 0.322 e. The number of hydrogen-bond acceptors (Lipinski definition) is 5. The van der Waals surface area contributed by atoms with E-state index in [9.17, 15) is 14.4 Å². The highest BCUT2D eigenvalue weighted by Crippen LogP contribution is 2.37. The van der Waals surface area contributed by atoms with Gasteiger partial charge in [0.05, 0.1) is 11.8 Å². The van der Waals surface area contributed by atoms with Gasteiger partial charge in [0, 0.05) is 31.0 Å². The predicted octanol–water partition coefficient (Wildman–Crippen LogP) is 2.05.